The maximum absolute atomic E-state index is 11.9. The first kappa shape index (κ1) is 19.4. The van der Waals surface area contributed by atoms with Gasteiger partial charge in [-0.2, -0.15) is 0 Å². The van der Waals surface area contributed by atoms with Crippen LogP contribution in [-0.2, 0) is 0 Å². The van der Waals surface area contributed by atoms with Crippen LogP contribution in [0.25, 0.3) is 0 Å². The summed E-state index contributed by atoms with van der Waals surface area (Å²) >= 11 is 0. The molecule has 0 aromatic heterocycles. The summed E-state index contributed by atoms with van der Waals surface area (Å²) in [6, 6.07) is 9.46. The topological polar surface area (TPSA) is 17.1 Å². The third kappa shape index (κ3) is 8.29. The first-order valence-electron chi connectivity index (χ1n) is 8.22. The number of carbonyl (C=O) groups excluding carboxylic acids is 1. The predicted octanol–water partition coefficient (Wildman–Crippen LogP) is 6.22. The highest BCUT2D eigenvalue weighted by Crippen LogP contribution is 2.17. The van der Waals surface area contributed by atoms with Crippen LogP contribution in [-0.4, -0.2) is 5.78 Å². The minimum absolute atomic E-state index is 0.0300. The molecule has 0 amide bonds. The second-order valence-corrected chi connectivity index (χ2v) is 4.74. The Labute approximate surface area is 130 Å². The van der Waals surface area contributed by atoms with Crippen molar-refractivity contribution in [2.24, 2.45) is 5.92 Å². The number of Topliss-reactive ketones (excluding diaryl/α,β-unsaturated/α-hetero) is 1. The molecule has 0 aliphatic heterocycles. The van der Waals surface area contributed by atoms with Crippen LogP contribution in [0.1, 0.15) is 63.7 Å². The standard InChI is InChI=1S/C13H12O.C5H12.C2H6/c14-13(11-7-3-1-4-8-11)12-9-5-2-6-10-12;1-3-5-4-2;1-2/h1-9,12H,10H2;3-5H2,1-2H3;1-2H3. The third-order valence-electron chi connectivity index (χ3n) is 3.08. The second kappa shape index (κ2) is 13.4. The number of carbonyl (C=O) groups is 1. The van der Waals surface area contributed by atoms with Crippen LogP contribution in [0.2, 0.25) is 0 Å². The summed E-state index contributed by atoms with van der Waals surface area (Å²) in [4.78, 5) is 11.9. The third-order valence-corrected chi connectivity index (χ3v) is 3.08. The molecule has 0 heterocycles. The summed E-state index contributed by atoms with van der Waals surface area (Å²) in [5.74, 6) is 0.244. The molecule has 0 spiro atoms. The number of hydrogen-bond donors (Lipinski definition) is 0. The molecule has 2 rings (SSSR count). The van der Waals surface area contributed by atoms with E-state index in [1.54, 1.807) is 0 Å². The summed E-state index contributed by atoms with van der Waals surface area (Å²) in [7, 11) is 0. The average Bonchev–Trinajstić information content (AvgIpc) is 2.59. The maximum atomic E-state index is 11.9. The Morgan fingerprint density at radius 1 is 1.05 bits per heavy atom. The van der Waals surface area contributed by atoms with E-state index in [2.05, 4.69) is 13.8 Å². The van der Waals surface area contributed by atoms with Gasteiger partial charge in [-0.25, -0.2) is 0 Å². The number of unbranched alkanes of at least 4 members (excludes halogenated alkanes) is 2. The van der Waals surface area contributed by atoms with Crippen molar-refractivity contribution in [3.05, 3.63) is 60.2 Å². The molecule has 0 saturated heterocycles. The molecule has 0 saturated carbocycles. The van der Waals surface area contributed by atoms with Crippen molar-refractivity contribution in [1.29, 1.82) is 0 Å². The number of ketones is 1. The van der Waals surface area contributed by atoms with Gasteiger partial charge >= 0.3 is 0 Å². The van der Waals surface area contributed by atoms with Crippen LogP contribution >= 0.6 is 0 Å². The normalized spacial score (nSPS) is 15.3. The van der Waals surface area contributed by atoms with Crippen LogP contribution in [0.15, 0.2) is 54.6 Å². The molecule has 1 atom stereocenters. The lowest BCUT2D eigenvalue weighted by Crippen LogP contribution is -2.12. The lowest BCUT2D eigenvalue weighted by Gasteiger charge is -2.11. The number of benzene rings is 1. The van der Waals surface area contributed by atoms with Gasteiger partial charge in [0.05, 0.1) is 0 Å². The van der Waals surface area contributed by atoms with E-state index in [1.807, 2.05) is 68.5 Å². The second-order valence-electron chi connectivity index (χ2n) is 4.74. The number of hydrogen-bond acceptors (Lipinski definition) is 1. The van der Waals surface area contributed by atoms with Gasteiger partial charge in [0, 0.05) is 11.5 Å². The first-order chi connectivity index (χ1) is 10.3. The van der Waals surface area contributed by atoms with Gasteiger partial charge in [0.2, 0.25) is 0 Å². The van der Waals surface area contributed by atoms with Crippen molar-refractivity contribution in [3.63, 3.8) is 0 Å². The zero-order valence-electron chi connectivity index (χ0n) is 14.0. The Morgan fingerprint density at radius 2 is 1.67 bits per heavy atom. The molecule has 1 aromatic rings. The Balaban J connectivity index is 0.000000489. The molecule has 1 unspecified atom stereocenters. The Hall–Kier alpha value is -1.63. The van der Waals surface area contributed by atoms with Crippen molar-refractivity contribution in [2.45, 2.75) is 53.4 Å². The van der Waals surface area contributed by atoms with Crippen molar-refractivity contribution in [2.75, 3.05) is 0 Å². The van der Waals surface area contributed by atoms with Gasteiger partial charge in [0.15, 0.2) is 5.78 Å². The van der Waals surface area contributed by atoms with Crippen LogP contribution in [0, 0.1) is 5.92 Å². The molecule has 21 heavy (non-hydrogen) atoms. The summed E-state index contributed by atoms with van der Waals surface area (Å²) in [6.45, 7) is 8.42. The fraction of sp³-hybridized carbons (Fsp3) is 0.450. The highest BCUT2D eigenvalue weighted by atomic mass is 16.1. The van der Waals surface area contributed by atoms with Crippen molar-refractivity contribution in [1.82, 2.24) is 0 Å². The van der Waals surface area contributed by atoms with E-state index in [4.69, 9.17) is 0 Å². The Kier molecular flexibility index (Phi) is 12.3. The van der Waals surface area contributed by atoms with Gasteiger partial charge in [-0.3, -0.25) is 4.79 Å². The molecular formula is C20H30O. The lowest BCUT2D eigenvalue weighted by atomic mass is 9.92. The summed E-state index contributed by atoms with van der Waals surface area (Å²) in [5, 5.41) is 0. The molecule has 0 N–H and O–H groups in total. The molecule has 1 aliphatic rings. The molecule has 116 valence electrons. The maximum Gasteiger partial charge on any atom is 0.170 e. The van der Waals surface area contributed by atoms with Gasteiger partial charge in [-0.05, 0) is 6.42 Å². The first-order valence-corrected chi connectivity index (χ1v) is 8.22. The van der Waals surface area contributed by atoms with E-state index in [-0.39, 0.29) is 11.7 Å². The zero-order valence-corrected chi connectivity index (χ0v) is 14.0. The predicted molar refractivity (Wildman–Crippen MR) is 93.7 cm³/mol. The van der Waals surface area contributed by atoms with Crippen molar-refractivity contribution in [3.8, 4) is 0 Å². The van der Waals surface area contributed by atoms with E-state index < -0.39 is 0 Å². The summed E-state index contributed by atoms with van der Waals surface area (Å²) < 4.78 is 0. The Bertz CT molecular complexity index is 413. The highest BCUT2D eigenvalue weighted by molar-refractivity contribution is 5.99. The van der Waals surface area contributed by atoms with Crippen molar-refractivity contribution >= 4 is 5.78 Å². The molecule has 0 bridgehead atoms. The molecule has 0 fully saturated rings. The highest BCUT2D eigenvalue weighted by Gasteiger charge is 2.16. The SMILES string of the molecule is CC.CCCCC.O=C(c1ccccc1)C1C=CC=CC1. The number of allylic oxidation sites excluding steroid dienone is 4. The fourth-order valence-electron chi connectivity index (χ4n) is 1.95. The van der Waals surface area contributed by atoms with Gasteiger partial charge in [-0.15, -0.1) is 0 Å². The van der Waals surface area contributed by atoms with E-state index in [9.17, 15) is 4.79 Å². The van der Waals surface area contributed by atoms with Gasteiger partial charge in [0.25, 0.3) is 0 Å². The molecule has 0 radical (unpaired) electrons. The lowest BCUT2D eigenvalue weighted by molar-refractivity contribution is 0.0945. The van der Waals surface area contributed by atoms with Gasteiger partial charge in [-0.1, -0.05) is 102 Å². The van der Waals surface area contributed by atoms with Crippen LogP contribution in [0.3, 0.4) is 0 Å². The fourth-order valence-corrected chi connectivity index (χ4v) is 1.95. The van der Waals surface area contributed by atoms with E-state index in [0.29, 0.717) is 0 Å². The largest absolute Gasteiger partial charge is 0.294 e. The summed E-state index contributed by atoms with van der Waals surface area (Å²) in [6.07, 6.45) is 12.8. The van der Waals surface area contributed by atoms with Crippen LogP contribution in [0.4, 0.5) is 0 Å². The van der Waals surface area contributed by atoms with Crippen molar-refractivity contribution < 1.29 is 4.79 Å². The van der Waals surface area contributed by atoms with Gasteiger partial charge < -0.3 is 0 Å². The number of rotatable bonds is 4. The monoisotopic (exact) mass is 286 g/mol. The average molecular weight is 286 g/mol. The van der Waals surface area contributed by atoms with E-state index in [1.165, 1.54) is 19.3 Å². The minimum atomic E-state index is 0.0300. The molecule has 1 nitrogen and oxygen atoms in total. The van der Waals surface area contributed by atoms with Crippen LogP contribution in [0.5, 0.6) is 0 Å². The summed E-state index contributed by atoms with van der Waals surface area (Å²) in [5.41, 5.74) is 0.803. The van der Waals surface area contributed by atoms with E-state index >= 15 is 0 Å². The molecule has 1 aromatic carbocycles. The molecule has 1 aliphatic carbocycles. The smallest absolute Gasteiger partial charge is 0.170 e. The zero-order chi connectivity index (χ0) is 15.9. The van der Waals surface area contributed by atoms with E-state index in [0.717, 1.165) is 12.0 Å². The van der Waals surface area contributed by atoms with Gasteiger partial charge in [0.1, 0.15) is 0 Å². The quantitative estimate of drug-likeness (QED) is 0.600. The molecule has 1 heteroatoms. The Morgan fingerprint density at radius 3 is 2.10 bits per heavy atom. The minimum Gasteiger partial charge on any atom is -0.294 e. The van der Waals surface area contributed by atoms with Crippen LogP contribution < -0.4 is 0 Å². The molecular weight excluding hydrogens is 256 g/mol.